The summed E-state index contributed by atoms with van der Waals surface area (Å²) in [4.78, 5) is 12.2. The van der Waals surface area contributed by atoms with Gasteiger partial charge in [0.2, 0.25) is 5.69 Å². The predicted molar refractivity (Wildman–Crippen MR) is 81.2 cm³/mol. The van der Waals surface area contributed by atoms with Gasteiger partial charge in [0, 0.05) is 22.9 Å². The number of anilines is 1. The summed E-state index contributed by atoms with van der Waals surface area (Å²) < 4.78 is 14.1. The van der Waals surface area contributed by atoms with Crippen molar-refractivity contribution in [3.8, 4) is 17.3 Å². The van der Waals surface area contributed by atoms with Crippen molar-refractivity contribution < 1.29 is 24.1 Å². The van der Waals surface area contributed by atoms with Gasteiger partial charge < -0.3 is 15.5 Å². The van der Waals surface area contributed by atoms with E-state index in [9.17, 15) is 19.4 Å². The number of carbonyl (C=O) groups excluding carboxylic acids is 1. The molecule has 3 aromatic rings. The Morgan fingerprint density at radius 2 is 1.79 bits per heavy atom. The Hall–Kier alpha value is -3.48. The first kappa shape index (κ1) is 15.4. The number of aromatic nitrogens is 2. The standard InChI is InChI=1S/C17H12FN3O3/c18-11-6-8-12(9-7-11)19-16(23)15-14(22)10-21(20-17(15)24)13-4-2-1-3-5-13/h1-10H,(H2-,19,20,22,23,24). The third-order valence-electron chi connectivity index (χ3n) is 3.26. The molecule has 0 fully saturated rings. The van der Waals surface area contributed by atoms with Crippen LogP contribution >= 0.6 is 0 Å². The first-order chi connectivity index (χ1) is 11.5. The topological polar surface area (TPSA) is 89.2 Å². The Morgan fingerprint density at radius 1 is 1.12 bits per heavy atom. The quantitative estimate of drug-likeness (QED) is 0.715. The summed E-state index contributed by atoms with van der Waals surface area (Å²) in [5.74, 6) is -2.65. The van der Waals surface area contributed by atoms with E-state index in [4.69, 9.17) is 0 Å². The third kappa shape index (κ3) is 3.14. The maximum atomic E-state index is 12.9. The fourth-order valence-electron chi connectivity index (χ4n) is 2.12. The van der Waals surface area contributed by atoms with Gasteiger partial charge in [0.25, 0.3) is 11.8 Å². The van der Waals surface area contributed by atoms with Gasteiger partial charge in [-0.05, 0) is 34.7 Å². The van der Waals surface area contributed by atoms with E-state index in [2.05, 4.69) is 10.4 Å². The highest BCUT2D eigenvalue weighted by Crippen LogP contribution is 2.22. The number of benzene rings is 2. The highest BCUT2D eigenvalue weighted by molar-refractivity contribution is 6.07. The van der Waals surface area contributed by atoms with Gasteiger partial charge in [-0.25, -0.2) is 4.39 Å². The SMILES string of the molecule is O=C(Nc1ccc(F)cc1)c1c([O-])c[n+](-c2ccccc2)nc1O. The van der Waals surface area contributed by atoms with Crippen LogP contribution in [0.5, 0.6) is 11.6 Å². The molecule has 0 aliphatic rings. The largest absolute Gasteiger partial charge is 0.868 e. The summed E-state index contributed by atoms with van der Waals surface area (Å²) in [6.45, 7) is 0. The fourth-order valence-corrected chi connectivity index (χ4v) is 2.12. The molecule has 120 valence electrons. The average Bonchev–Trinajstić information content (AvgIpc) is 2.57. The number of hydrogen-bond donors (Lipinski definition) is 2. The van der Waals surface area contributed by atoms with Crippen LogP contribution in [0.4, 0.5) is 10.1 Å². The predicted octanol–water partition coefficient (Wildman–Crippen LogP) is 1.53. The van der Waals surface area contributed by atoms with Crippen LogP contribution < -0.4 is 15.1 Å². The van der Waals surface area contributed by atoms with Crippen molar-refractivity contribution in [1.82, 2.24) is 5.10 Å². The number of para-hydroxylation sites is 1. The molecule has 0 spiro atoms. The highest BCUT2D eigenvalue weighted by atomic mass is 19.1. The number of rotatable bonds is 3. The normalized spacial score (nSPS) is 10.4. The number of aromatic hydroxyl groups is 1. The van der Waals surface area contributed by atoms with Gasteiger partial charge in [-0.15, -0.1) is 0 Å². The molecule has 2 N–H and O–H groups in total. The zero-order chi connectivity index (χ0) is 17.1. The molecule has 7 heteroatoms. The molecule has 1 amide bonds. The van der Waals surface area contributed by atoms with Crippen LogP contribution in [0.1, 0.15) is 10.4 Å². The Labute approximate surface area is 136 Å². The lowest BCUT2D eigenvalue weighted by molar-refractivity contribution is -0.663. The summed E-state index contributed by atoms with van der Waals surface area (Å²) in [6.07, 6.45) is 1.11. The van der Waals surface area contributed by atoms with E-state index in [0.717, 1.165) is 6.20 Å². The Morgan fingerprint density at radius 3 is 2.42 bits per heavy atom. The number of carbonyl (C=O) groups is 1. The molecule has 24 heavy (non-hydrogen) atoms. The molecule has 1 aromatic heterocycles. The second-order valence-corrected chi connectivity index (χ2v) is 4.93. The molecule has 2 aromatic carbocycles. The lowest BCUT2D eigenvalue weighted by Gasteiger charge is -2.12. The molecule has 0 aliphatic heterocycles. The Kier molecular flexibility index (Phi) is 4.07. The van der Waals surface area contributed by atoms with E-state index in [1.807, 2.05) is 0 Å². The number of nitrogens with one attached hydrogen (secondary N) is 1. The van der Waals surface area contributed by atoms with Crippen molar-refractivity contribution in [3.05, 3.63) is 72.2 Å². The Balaban J connectivity index is 1.91. The first-order valence-electron chi connectivity index (χ1n) is 7.00. The van der Waals surface area contributed by atoms with E-state index in [1.165, 1.54) is 28.9 Å². The highest BCUT2D eigenvalue weighted by Gasteiger charge is 2.20. The van der Waals surface area contributed by atoms with E-state index in [1.54, 1.807) is 30.3 Å². The number of halogens is 1. The first-order valence-corrected chi connectivity index (χ1v) is 7.00. The van der Waals surface area contributed by atoms with Crippen LogP contribution in [0.2, 0.25) is 0 Å². The van der Waals surface area contributed by atoms with Gasteiger partial charge in [-0.1, -0.05) is 18.2 Å². The number of hydrogen-bond acceptors (Lipinski definition) is 4. The van der Waals surface area contributed by atoms with E-state index < -0.39 is 28.9 Å². The summed E-state index contributed by atoms with van der Waals surface area (Å²) in [6, 6.07) is 13.7. The van der Waals surface area contributed by atoms with Gasteiger partial charge in [-0.2, -0.15) is 0 Å². The molecule has 0 radical (unpaired) electrons. The maximum absolute atomic E-state index is 12.9. The molecule has 0 aliphatic carbocycles. The van der Waals surface area contributed by atoms with Crippen molar-refractivity contribution in [2.75, 3.05) is 5.32 Å². The molecule has 1 heterocycles. The molecular weight excluding hydrogens is 313 g/mol. The number of nitrogens with zero attached hydrogens (tertiary/aromatic N) is 2. The van der Waals surface area contributed by atoms with Crippen LogP contribution in [-0.4, -0.2) is 16.1 Å². The maximum Gasteiger partial charge on any atom is 0.289 e. The van der Waals surface area contributed by atoms with E-state index >= 15 is 0 Å². The minimum absolute atomic E-state index is 0.292. The average molecular weight is 325 g/mol. The van der Waals surface area contributed by atoms with E-state index in [-0.39, 0.29) is 0 Å². The monoisotopic (exact) mass is 325 g/mol. The number of amides is 1. The second kappa shape index (κ2) is 6.33. The van der Waals surface area contributed by atoms with Gasteiger partial charge >= 0.3 is 0 Å². The van der Waals surface area contributed by atoms with Gasteiger partial charge in [-0.3, -0.25) is 4.79 Å². The zero-order valence-corrected chi connectivity index (χ0v) is 12.3. The lowest BCUT2D eigenvalue weighted by Crippen LogP contribution is -2.36. The van der Waals surface area contributed by atoms with Crippen molar-refractivity contribution in [3.63, 3.8) is 0 Å². The Bertz CT molecular complexity index is 860. The van der Waals surface area contributed by atoms with Crippen molar-refractivity contribution in [2.24, 2.45) is 0 Å². The minimum Gasteiger partial charge on any atom is -0.868 e. The molecule has 6 nitrogen and oxygen atoms in total. The summed E-state index contributed by atoms with van der Waals surface area (Å²) >= 11 is 0. The van der Waals surface area contributed by atoms with Crippen LogP contribution in [0, 0.1) is 5.82 Å². The molecule has 0 atom stereocenters. The summed E-state index contributed by atoms with van der Waals surface area (Å²) in [5, 5.41) is 28.4. The molecule has 0 unspecified atom stereocenters. The minimum atomic E-state index is -0.822. The van der Waals surface area contributed by atoms with Crippen LogP contribution in [-0.2, 0) is 0 Å². The van der Waals surface area contributed by atoms with Crippen LogP contribution in [0.15, 0.2) is 60.8 Å². The van der Waals surface area contributed by atoms with Crippen LogP contribution in [0.25, 0.3) is 5.69 Å². The van der Waals surface area contributed by atoms with Gasteiger partial charge in [0.15, 0.2) is 6.20 Å². The molecular formula is C17H12FN3O3. The van der Waals surface area contributed by atoms with Crippen molar-refractivity contribution in [1.29, 1.82) is 0 Å². The molecule has 0 saturated carbocycles. The molecule has 0 bridgehead atoms. The third-order valence-corrected chi connectivity index (χ3v) is 3.26. The summed E-state index contributed by atoms with van der Waals surface area (Å²) in [5.41, 5.74) is 0.377. The zero-order valence-electron chi connectivity index (χ0n) is 12.3. The van der Waals surface area contributed by atoms with Crippen molar-refractivity contribution in [2.45, 2.75) is 0 Å². The molecule has 3 rings (SSSR count). The fraction of sp³-hybridized carbons (Fsp3) is 0. The second-order valence-electron chi connectivity index (χ2n) is 4.93. The molecule has 0 saturated heterocycles. The van der Waals surface area contributed by atoms with E-state index in [0.29, 0.717) is 11.4 Å². The van der Waals surface area contributed by atoms with Gasteiger partial charge in [0.05, 0.1) is 0 Å². The summed E-state index contributed by atoms with van der Waals surface area (Å²) in [7, 11) is 0. The smallest absolute Gasteiger partial charge is 0.289 e. The lowest BCUT2D eigenvalue weighted by atomic mass is 10.2. The van der Waals surface area contributed by atoms with Crippen LogP contribution in [0.3, 0.4) is 0 Å². The van der Waals surface area contributed by atoms with Crippen molar-refractivity contribution >= 4 is 11.6 Å². The van der Waals surface area contributed by atoms with Gasteiger partial charge in [0.1, 0.15) is 11.4 Å².